The van der Waals surface area contributed by atoms with Crippen LogP contribution in [0.3, 0.4) is 0 Å². The molecule has 1 aliphatic carbocycles. The summed E-state index contributed by atoms with van der Waals surface area (Å²) in [6.07, 6.45) is 5.56. The average Bonchev–Trinajstić information content (AvgIpc) is 2.08. The summed E-state index contributed by atoms with van der Waals surface area (Å²) in [6, 6.07) is 0. The first-order chi connectivity index (χ1) is 7.40. The van der Waals surface area contributed by atoms with Gasteiger partial charge in [0.25, 0.3) is 0 Å². The van der Waals surface area contributed by atoms with Gasteiger partial charge in [-0.15, -0.1) is 0 Å². The van der Waals surface area contributed by atoms with Gasteiger partial charge in [-0.25, -0.2) is 0 Å². The van der Waals surface area contributed by atoms with Gasteiger partial charge in [0.15, 0.2) is 0 Å². The molecule has 0 bridgehead atoms. The number of nitrogens with zero attached hydrogens (tertiary/aromatic N) is 1. The first kappa shape index (κ1) is 14.0. The third kappa shape index (κ3) is 5.31. The molecular weight excluding hydrogens is 196 g/mol. The molecule has 16 heavy (non-hydrogen) atoms. The zero-order valence-electron chi connectivity index (χ0n) is 11.6. The van der Waals surface area contributed by atoms with E-state index in [-0.39, 0.29) is 0 Å². The van der Waals surface area contributed by atoms with Gasteiger partial charge in [0, 0.05) is 13.1 Å². The van der Waals surface area contributed by atoms with E-state index in [1.807, 2.05) is 0 Å². The molecule has 0 spiro atoms. The first-order valence-corrected chi connectivity index (χ1v) is 6.79. The van der Waals surface area contributed by atoms with Crippen molar-refractivity contribution >= 4 is 0 Å². The molecule has 0 aromatic rings. The lowest BCUT2D eigenvalue weighted by atomic mass is 9.83. The number of rotatable bonds is 6. The van der Waals surface area contributed by atoms with Crippen LogP contribution in [-0.4, -0.2) is 31.6 Å². The Morgan fingerprint density at radius 1 is 1.31 bits per heavy atom. The van der Waals surface area contributed by atoms with Crippen LogP contribution in [-0.2, 0) is 0 Å². The van der Waals surface area contributed by atoms with Crippen LogP contribution in [0.2, 0.25) is 0 Å². The fourth-order valence-corrected chi connectivity index (χ4v) is 2.72. The molecule has 1 rings (SSSR count). The Hall–Kier alpha value is -0.0800. The molecule has 1 atom stereocenters. The molecule has 1 fully saturated rings. The molecule has 1 aliphatic rings. The topological polar surface area (TPSA) is 29.3 Å². The fourth-order valence-electron chi connectivity index (χ4n) is 2.72. The molecule has 2 N–H and O–H groups in total. The molecule has 0 amide bonds. The summed E-state index contributed by atoms with van der Waals surface area (Å²) in [5, 5.41) is 0. The van der Waals surface area contributed by atoms with E-state index in [2.05, 4.69) is 32.7 Å². The molecule has 0 saturated heterocycles. The highest BCUT2D eigenvalue weighted by molar-refractivity contribution is 4.76. The second-order valence-corrected chi connectivity index (χ2v) is 6.88. The summed E-state index contributed by atoms with van der Waals surface area (Å²) in [5.41, 5.74) is 6.28. The largest absolute Gasteiger partial charge is 0.330 e. The van der Waals surface area contributed by atoms with Gasteiger partial charge in [0.05, 0.1) is 0 Å². The Kier molecular flexibility index (Phi) is 5.26. The van der Waals surface area contributed by atoms with E-state index in [0.717, 1.165) is 12.5 Å². The number of hydrogen-bond donors (Lipinski definition) is 1. The Bertz CT molecular complexity index is 191. The molecule has 1 saturated carbocycles. The summed E-state index contributed by atoms with van der Waals surface area (Å²) in [4.78, 5) is 2.49. The van der Waals surface area contributed by atoms with Gasteiger partial charge in [-0.2, -0.15) is 0 Å². The van der Waals surface area contributed by atoms with Gasteiger partial charge in [-0.1, -0.05) is 27.2 Å². The molecular formula is C14H30N2. The van der Waals surface area contributed by atoms with E-state index >= 15 is 0 Å². The second-order valence-electron chi connectivity index (χ2n) is 6.88. The molecule has 2 heteroatoms. The van der Waals surface area contributed by atoms with Crippen molar-refractivity contribution in [3.8, 4) is 0 Å². The molecule has 2 nitrogen and oxygen atoms in total. The van der Waals surface area contributed by atoms with Crippen molar-refractivity contribution in [1.29, 1.82) is 0 Å². The highest BCUT2D eigenvalue weighted by Gasteiger charge is 2.22. The maximum absolute atomic E-state index is 5.88. The van der Waals surface area contributed by atoms with Crippen LogP contribution < -0.4 is 5.73 Å². The molecule has 0 aliphatic heterocycles. The quantitative estimate of drug-likeness (QED) is 0.754. The van der Waals surface area contributed by atoms with E-state index < -0.39 is 0 Å². The summed E-state index contributed by atoms with van der Waals surface area (Å²) < 4.78 is 0. The minimum Gasteiger partial charge on any atom is -0.330 e. The van der Waals surface area contributed by atoms with E-state index in [1.165, 1.54) is 38.8 Å². The Morgan fingerprint density at radius 2 is 1.94 bits per heavy atom. The lowest BCUT2D eigenvalue weighted by molar-refractivity contribution is 0.168. The van der Waals surface area contributed by atoms with Crippen molar-refractivity contribution in [2.45, 2.75) is 46.5 Å². The third-order valence-electron chi connectivity index (χ3n) is 3.60. The van der Waals surface area contributed by atoms with Crippen LogP contribution in [0, 0.1) is 17.3 Å². The van der Waals surface area contributed by atoms with E-state index in [4.69, 9.17) is 5.73 Å². The van der Waals surface area contributed by atoms with Gasteiger partial charge in [-0.05, 0) is 50.1 Å². The van der Waals surface area contributed by atoms with Crippen molar-refractivity contribution in [2.75, 3.05) is 26.7 Å². The van der Waals surface area contributed by atoms with Crippen LogP contribution in [0.15, 0.2) is 0 Å². The van der Waals surface area contributed by atoms with Gasteiger partial charge in [0.1, 0.15) is 0 Å². The lowest BCUT2D eigenvalue weighted by Crippen LogP contribution is -2.36. The van der Waals surface area contributed by atoms with Crippen LogP contribution in [0.25, 0.3) is 0 Å². The number of nitrogens with two attached hydrogens (primary N) is 1. The predicted molar refractivity (Wildman–Crippen MR) is 71.5 cm³/mol. The fraction of sp³-hybridized carbons (Fsp3) is 1.00. The normalized spacial score (nSPS) is 19.9. The monoisotopic (exact) mass is 226 g/mol. The Balaban J connectivity index is 2.25. The molecule has 96 valence electrons. The smallest absolute Gasteiger partial charge is 0.00190 e. The lowest BCUT2D eigenvalue weighted by Gasteiger charge is -2.33. The van der Waals surface area contributed by atoms with Gasteiger partial charge in [-0.3, -0.25) is 0 Å². The summed E-state index contributed by atoms with van der Waals surface area (Å²) in [7, 11) is 2.25. The van der Waals surface area contributed by atoms with E-state index in [0.29, 0.717) is 11.3 Å². The number of hydrogen-bond acceptors (Lipinski definition) is 2. The predicted octanol–water partition coefficient (Wildman–Crippen LogP) is 2.73. The first-order valence-electron chi connectivity index (χ1n) is 6.79. The minimum absolute atomic E-state index is 0.404. The van der Waals surface area contributed by atoms with Crippen molar-refractivity contribution in [1.82, 2.24) is 4.90 Å². The summed E-state index contributed by atoms with van der Waals surface area (Å²) in [6.45, 7) is 10.2. The SMILES string of the molecule is CN(CC1CCC1)CC(CN)CC(C)(C)C. The third-order valence-corrected chi connectivity index (χ3v) is 3.60. The van der Waals surface area contributed by atoms with Crippen molar-refractivity contribution in [2.24, 2.45) is 23.0 Å². The standard InChI is InChI=1S/C14H30N2/c1-14(2,3)8-13(9-15)11-16(4)10-12-6-5-7-12/h12-13H,5-11,15H2,1-4H3. The maximum Gasteiger partial charge on any atom is 0.00190 e. The molecule has 0 aromatic heterocycles. The highest BCUT2D eigenvalue weighted by Crippen LogP contribution is 2.28. The molecule has 0 heterocycles. The average molecular weight is 226 g/mol. The van der Waals surface area contributed by atoms with Crippen molar-refractivity contribution in [3.05, 3.63) is 0 Å². The highest BCUT2D eigenvalue weighted by atomic mass is 15.1. The van der Waals surface area contributed by atoms with E-state index in [1.54, 1.807) is 0 Å². The zero-order chi connectivity index (χ0) is 12.2. The van der Waals surface area contributed by atoms with Crippen molar-refractivity contribution in [3.63, 3.8) is 0 Å². The Morgan fingerprint density at radius 3 is 2.31 bits per heavy atom. The second kappa shape index (κ2) is 6.02. The van der Waals surface area contributed by atoms with Crippen molar-refractivity contribution < 1.29 is 0 Å². The maximum atomic E-state index is 5.88. The zero-order valence-corrected chi connectivity index (χ0v) is 11.6. The van der Waals surface area contributed by atoms with Crippen LogP contribution in [0.5, 0.6) is 0 Å². The minimum atomic E-state index is 0.404. The van der Waals surface area contributed by atoms with E-state index in [9.17, 15) is 0 Å². The van der Waals surface area contributed by atoms with Crippen LogP contribution >= 0.6 is 0 Å². The molecule has 0 aromatic carbocycles. The summed E-state index contributed by atoms with van der Waals surface area (Å²) >= 11 is 0. The van der Waals surface area contributed by atoms with Gasteiger partial charge >= 0.3 is 0 Å². The van der Waals surface area contributed by atoms with Gasteiger partial charge < -0.3 is 10.6 Å². The van der Waals surface area contributed by atoms with Crippen LogP contribution in [0.4, 0.5) is 0 Å². The molecule has 0 radical (unpaired) electrons. The van der Waals surface area contributed by atoms with Crippen LogP contribution in [0.1, 0.15) is 46.5 Å². The molecule has 1 unspecified atom stereocenters. The van der Waals surface area contributed by atoms with Gasteiger partial charge in [0.2, 0.25) is 0 Å². The summed E-state index contributed by atoms with van der Waals surface area (Å²) in [5.74, 6) is 1.63. The Labute approximate surface area is 102 Å².